The van der Waals surface area contributed by atoms with Crippen LogP contribution in [0.3, 0.4) is 0 Å². The minimum Gasteiger partial charge on any atom is -0.402 e. The molecule has 0 rings (SSSR count). The Morgan fingerprint density at radius 2 is 2.00 bits per heavy atom. The topological polar surface area (TPSA) is 52.3 Å². The molecule has 56 valence electrons. The van der Waals surface area contributed by atoms with Crippen molar-refractivity contribution in [3.63, 3.8) is 0 Å². The molecule has 0 radical (unpaired) electrons. The van der Waals surface area contributed by atoms with Crippen LogP contribution in [-0.4, -0.2) is 17.6 Å². The molecule has 1 amide bonds. The van der Waals surface area contributed by atoms with Crippen LogP contribution in [0, 0.1) is 0 Å². The molecule has 0 heterocycles. The summed E-state index contributed by atoms with van der Waals surface area (Å²) in [5.41, 5.74) is 4.80. The molecular weight excluding hydrogens is 138 g/mol. The fourth-order valence-corrected chi connectivity index (χ4v) is 1.44. The minimum absolute atomic E-state index is 0.570. The van der Waals surface area contributed by atoms with Gasteiger partial charge >= 0.3 is 6.09 Å². The summed E-state index contributed by atoms with van der Waals surface area (Å²) in [7, 11) is 0. The Bertz CT molecular complexity index is 93.0. The minimum atomic E-state index is -0.648. The average molecular weight is 151 g/mol. The Labute approximate surface area is 58.1 Å². The van der Waals surface area contributed by atoms with E-state index in [2.05, 4.69) is 0 Å². The third-order valence-electron chi connectivity index (χ3n) is 0.924. The molecule has 0 fully saturated rings. The second kappa shape index (κ2) is 4.49. The summed E-state index contributed by atoms with van der Waals surface area (Å²) in [5, 5.41) is 0. The number of hydrogen-bond acceptors (Lipinski definition) is 2. The van der Waals surface area contributed by atoms with Gasteiger partial charge in [0.2, 0.25) is 0 Å². The lowest BCUT2D eigenvalue weighted by Crippen LogP contribution is -2.12. The van der Waals surface area contributed by atoms with Crippen molar-refractivity contribution in [1.82, 2.24) is 0 Å². The van der Waals surface area contributed by atoms with Crippen molar-refractivity contribution in [2.75, 3.05) is 11.5 Å². The maximum atomic E-state index is 10.1. The first-order chi connectivity index (χ1) is 4.20. The zero-order valence-electron chi connectivity index (χ0n) is 5.76. The molecule has 0 spiro atoms. The van der Waals surface area contributed by atoms with Crippen LogP contribution in [-0.2, 0) is 4.18 Å². The number of amides is 1. The summed E-state index contributed by atoms with van der Waals surface area (Å²) in [4.78, 5) is 10.1. The van der Waals surface area contributed by atoms with Crippen molar-refractivity contribution in [3.05, 3.63) is 0 Å². The van der Waals surface area contributed by atoms with Crippen LogP contribution in [0.25, 0.3) is 0 Å². The van der Waals surface area contributed by atoms with E-state index >= 15 is 0 Å². The smallest absolute Gasteiger partial charge is 0.402 e. The summed E-state index contributed by atoms with van der Waals surface area (Å²) in [6.45, 7) is 3.97. The Kier molecular flexibility index (Phi) is 4.30. The van der Waals surface area contributed by atoms with Gasteiger partial charge < -0.3 is 9.92 Å². The SMILES string of the molecule is CC[SH](CC)OC(N)=O. The molecule has 0 aliphatic heterocycles. The normalized spacial score (nSPS) is 10.7. The number of carbonyl (C=O) groups is 1. The van der Waals surface area contributed by atoms with Crippen LogP contribution in [0.15, 0.2) is 0 Å². The molecule has 0 aromatic carbocycles. The van der Waals surface area contributed by atoms with Gasteiger partial charge in [0.25, 0.3) is 0 Å². The molecule has 0 saturated carbocycles. The highest BCUT2D eigenvalue weighted by molar-refractivity contribution is 8.13. The molecule has 0 saturated heterocycles. The predicted molar refractivity (Wildman–Crippen MR) is 40.7 cm³/mol. The summed E-state index contributed by atoms with van der Waals surface area (Å²) in [6, 6.07) is 0. The number of thiol groups is 1. The lowest BCUT2D eigenvalue weighted by atomic mass is 11.0. The Hall–Kier alpha value is -0.380. The zero-order chi connectivity index (χ0) is 7.28. The molecule has 0 atom stereocenters. The molecule has 0 bridgehead atoms. The van der Waals surface area contributed by atoms with E-state index < -0.39 is 17.3 Å². The fourth-order valence-electron chi connectivity index (χ4n) is 0.480. The van der Waals surface area contributed by atoms with Gasteiger partial charge in [-0.1, -0.05) is 25.0 Å². The van der Waals surface area contributed by atoms with Gasteiger partial charge in [-0.05, 0) is 0 Å². The molecule has 4 heteroatoms. The maximum Gasteiger partial charge on any atom is 0.414 e. The van der Waals surface area contributed by atoms with Crippen LogP contribution >= 0.6 is 11.2 Å². The van der Waals surface area contributed by atoms with E-state index in [0.29, 0.717) is 0 Å². The van der Waals surface area contributed by atoms with Crippen molar-refractivity contribution in [2.24, 2.45) is 5.73 Å². The number of rotatable bonds is 3. The molecule has 0 aromatic rings. The van der Waals surface area contributed by atoms with E-state index in [1.54, 1.807) is 0 Å². The van der Waals surface area contributed by atoms with Gasteiger partial charge in [-0.25, -0.2) is 4.79 Å². The van der Waals surface area contributed by atoms with Gasteiger partial charge in [0.15, 0.2) is 0 Å². The van der Waals surface area contributed by atoms with Gasteiger partial charge in [-0.15, -0.1) is 0 Å². The van der Waals surface area contributed by atoms with Crippen LogP contribution in [0.2, 0.25) is 0 Å². The third kappa shape index (κ3) is 4.14. The zero-order valence-corrected chi connectivity index (χ0v) is 6.65. The second-order valence-corrected chi connectivity index (χ2v) is 3.94. The predicted octanol–water partition coefficient (Wildman–Crippen LogP) is 1.04. The van der Waals surface area contributed by atoms with Gasteiger partial charge in [0, 0.05) is 11.5 Å². The van der Waals surface area contributed by atoms with Crippen LogP contribution < -0.4 is 5.73 Å². The van der Waals surface area contributed by atoms with Crippen molar-refractivity contribution < 1.29 is 8.98 Å². The first kappa shape index (κ1) is 8.62. The lowest BCUT2D eigenvalue weighted by molar-refractivity contribution is 0.217. The number of primary amides is 1. The highest BCUT2D eigenvalue weighted by atomic mass is 32.2. The monoisotopic (exact) mass is 151 g/mol. The molecule has 0 aliphatic carbocycles. The summed E-state index contributed by atoms with van der Waals surface area (Å²) in [5.74, 6) is 1.80. The van der Waals surface area contributed by atoms with Crippen molar-refractivity contribution >= 4 is 17.3 Å². The molecule has 0 aromatic heterocycles. The Balaban J connectivity index is 3.43. The molecular formula is C5H13NO2S. The van der Waals surface area contributed by atoms with E-state index in [0.717, 1.165) is 11.5 Å². The van der Waals surface area contributed by atoms with E-state index in [1.165, 1.54) is 0 Å². The average Bonchev–Trinajstić information content (AvgIpc) is 1.82. The number of nitrogens with two attached hydrogens (primary N) is 1. The highest BCUT2D eigenvalue weighted by Gasteiger charge is 2.00. The Morgan fingerprint density at radius 3 is 2.11 bits per heavy atom. The summed E-state index contributed by atoms with van der Waals surface area (Å²) in [6.07, 6.45) is -0.648. The van der Waals surface area contributed by atoms with E-state index in [4.69, 9.17) is 9.92 Å². The van der Waals surface area contributed by atoms with Crippen molar-refractivity contribution in [2.45, 2.75) is 13.8 Å². The largest absolute Gasteiger partial charge is 0.414 e. The van der Waals surface area contributed by atoms with Gasteiger partial charge in [-0.3, -0.25) is 0 Å². The quantitative estimate of drug-likeness (QED) is 0.592. The number of hydrogen-bond donors (Lipinski definition) is 2. The standard InChI is InChI=1S/C5H13NO2S/c1-3-9(4-2)8-5(6)7/h9H,3-4H2,1-2H3,(H2,6,7). The molecule has 0 unspecified atom stereocenters. The summed E-state index contributed by atoms with van der Waals surface area (Å²) < 4.78 is 4.75. The van der Waals surface area contributed by atoms with Gasteiger partial charge in [0.1, 0.15) is 0 Å². The van der Waals surface area contributed by atoms with E-state index in [-0.39, 0.29) is 0 Å². The van der Waals surface area contributed by atoms with E-state index in [1.807, 2.05) is 13.8 Å². The van der Waals surface area contributed by atoms with Crippen LogP contribution in [0.4, 0.5) is 4.79 Å². The number of carbonyl (C=O) groups excluding carboxylic acids is 1. The lowest BCUT2D eigenvalue weighted by Gasteiger charge is -2.15. The van der Waals surface area contributed by atoms with Gasteiger partial charge in [-0.2, -0.15) is 0 Å². The van der Waals surface area contributed by atoms with Crippen LogP contribution in [0.1, 0.15) is 13.8 Å². The first-order valence-electron chi connectivity index (χ1n) is 2.93. The van der Waals surface area contributed by atoms with Crippen molar-refractivity contribution in [1.29, 1.82) is 0 Å². The molecule has 9 heavy (non-hydrogen) atoms. The molecule has 2 N–H and O–H groups in total. The maximum absolute atomic E-state index is 10.1. The first-order valence-corrected chi connectivity index (χ1v) is 4.56. The highest BCUT2D eigenvalue weighted by Crippen LogP contribution is 2.24. The van der Waals surface area contributed by atoms with Gasteiger partial charge in [0.05, 0.1) is 0 Å². The fraction of sp³-hybridized carbons (Fsp3) is 0.800. The second-order valence-electron chi connectivity index (χ2n) is 1.52. The van der Waals surface area contributed by atoms with Crippen LogP contribution in [0.5, 0.6) is 0 Å². The summed E-state index contributed by atoms with van der Waals surface area (Å²) >= 11 is -0.570. The van der Waals surface area contributed by atoms with Crippen molar-refractivity contribution in [3.8, 4) is 0 Å². The Morgan fingerprint density at radius 1 is 1.56 bits per heavy atom. The molecule has 0 aliphatic rings. The molecule has 3 nitrogen and oxygen atoms in total. The third-order valence-corrected chi connectivity index (χ3v) is 2.77. The van der Waals surface area contributed by atoms with E-state index in [9.17, 15) is 4.79 Å².